The van der Waals surface area contributed by atoms with E-state index in [1.54, 1.807) is 0 Å². The average Bonchev–Trinajstić information content (AvgIpc) is 2.25. The Balaban J connectivity index is 2.22. The zero-order valence-corrected chi connectivity index (χ0v) is 10.2. The number of hydrogen-bond acceptors (Lipinski definition) is 1. The minimum Gasteiger partial charge on any atom is -0.375 e. The van der Waals surface area contributed by atoms with Gasteiger partial charge in [-0.3, -0.25) is 0 Å². The average molecular weight is 205 g/mol. The van der Waals surface area contributed by atoms with Crippen LogP contribution in [0.4, 0.5) is 5.69 Å². The zero-order valence-electron chi connectivity index (χ0n) is 10.2. The van der Waals surface area contributed by atoms with Crippen molar-refractivity contribution in [3.05, 3.63) is 30.3 Å². The van der Waals surface area contributed by atoms with E-state index < -0.39 is 0 Å². The van der Waals surface area contributed by atoms with Crippen LogP contribution in [-0.2, 0) is 0 Å². The van der Waals surface area contributed by atoms with Crippen molar-refractivity contribution in [1.82, 2.24) is 0 Å². The van der Waals surface area contributed by atoms with E-state index in [1.165, 1.54) is 24.9 Å². The first-order valence-electron chi connectivity index (χ1n) is 5.96. The number of nitrogens with zero attached hydrogens (tertiary/aromatic N) is 1. The molecular formula is C14H23N. The van der Waals surface area contributed by atoms with Crippen molar-refractivity contribution >= 4 is 5.69 Å². The molecule has 15 heavy (non-hydrogen) atoms. The van der Waals surface area contributed by atoms with Gasteiger partial charge in [0.25, 0.3) is 0 Å². The van der Waals surface area contributed by atoms with Gasteiger partial charge in [-0.2, -0.15) is 0 Å². The van der Waals surface area contributed by atoms with Gasteiger partial charge in [-0.1, -0.05) is 44.9 Å². The molecule has 0 unspecified atom stereocenters. The molecule has 0 saturated carbocycles. The Hall–Kier alpha value is -0.980. The van der Waals surface area contributed by atoms with Crippen LogP contribution in [0.3, 0.4) is 0 Å². The Labute approximate surface area is 94.1 Å². The van der Waals surface area contributed by atoms with Crippen molar-refractivity contribution in [3.8, 4) is 0 Å². The first kappa shape index (κ1) is 12.1. The highest BCUT2D eigenvalue weighted by molar-refractivity contribution is 5.44. The second kappa shape index (κ2) is 6.49. The molecule has 0 aliphatic rings. The molecule has 0 amide bonds. The maximum absolute atomic E-state index is 2.33. The second-order valence-electron chi connectivity index (χ2n) is 4.65. The lowest BCUT2D eigenvalue weighted by atomic mass is 10.1. The van der Waals surface area contributed by atoms with E-state index in [2.05, 4.69) is 56.1 Å². The van der Waals surface area contributed by atoms with Gasteiger partial charge in [-0.25, -0.2) is 0 Å². The molecule has 0 spiro atoms. The highest BCUT2D eigenvalue weighted by Crippen LogP contribution is 2.13. The Morgan fingerprint density at radius 3 is 2.33 bits per heavy atom. The van der Waals surface area contributed by atoms with Gasteiger partial charge in [0.2, 0.25) is 0 Å². The van der Waals surface area contributed by atoms with Crippen LogP contribution < -0.4 is 4.90 Å². The fourth-order valence-electron chi connectivity index (χ4n) is 1.71. The van der Waals surface area contributed by atoms with E-state index in [0.717, 1.165) is 12.5 Å². The number of hydrogen-bond donors (Lipinski definition) is 0. The molecule has 1 rings (SSSR count). The molecule has 0 saturated heterocycles. The first-order chi connectivity index (χ1) is 7.20. The molecule has 0 aliphatic carbocycles. The van der Waals surface area contributed by atoms with Gasteiger partial charge in [-0.05, 0) is 24.5 Å². The van der Waals surface area contributed by atoms with Crippen molar-refractivity contribution < 1.29 is 0 Å². The van der Waals surface area contributed by atoms with Crippen LogP contribution in [0.5, 0.6) is 0 Å². The van der Waals surface area contributed by atoms with Crippen molar-refractivity contribution in [1.29, 1.82) is 0 Å². The van der Waals surface area contributed by atoms with E-state index in [-0.39, 0.29) is 0 Å². The van der Waals surface area contributed by atoms with Crippen LogP contribution in [0.2, 0.25) is 0 Å². The zero-order chi connectivity index (χ0) is 11.1. The minimum atomic E-state index is 0.840. The summed E-state index contributed by atoms with van der Waals surface area (Å²) in [6, 6.07) is 10.6. The molecule has 1 aromatic rings. The van der Waals surface area contributed by atoms with Crippen LogP contribution in [-0.4, -0.2) is 13.6 Å². The van der Waals surface area contributed by atoms with Crippen molar-refractivity contribution in [2.75, 3.05) is 18.5 Å². The number of unbranched alkanes of at least 4 members (excludes halogenated alkanes) is 1. The second-order valence-corrected chi connectivity index (χ2v) is 4.65. The summed E-state index contributed by atoms with van der Waals surface area (Å²) >= 11 is 0. The van der Waals surface area contributed by atoms with E-state index >= 15 is 0 Å². The summed E-state index contributed by atoms with van der Waals surface area (Å²) in [5.41, 5.74) is 1.32. The molecule has 1 heteroatoms. The minimum absolute atomic E-state index is 0.840. The third kappa shape index (κ3) is 4.87. The Bertz CT molecular complexity index is 253. The highest BCUT2D eigenvalue weighted by atomic mass is 15.1. The van der Waals surface area contributed by atoms with E-state index in [4.69, 9.17) is 0 Å². The molecular weight excluding hydrogens is 182 g/mol. The van der Waals surface area contributed by atoms with Gasteiger partial charge in [0.1, 0.15) is 0 Å². The summed E-state index contributed by atoms with van der Waals surface area (Å²) in [6.07, 6.45) is 3.99. The largest absolute Gasteiger partial charge is 0.375 e. The molecule has 0 atom stereocenters. The predicted molar refractivity (Wildman–Crippen MR) is 68.4 cm³/mol. The lowest BCUT2D eigenvalue weighted by Gasteiger charge is -2.19. The van der Waals surface area contributed by atoms with E-state index in [1.807, 2.05) is 0 Å². The fraction of sp³-hybridized carbons (Fsp3) is 0.571. The number of para-hydroxylation sites is 1. The first-order valence-corrected chi connectivity index (χ1v) is 5.96. The van der Waals surface area contributed by atoms with Crippen molar-refractivity contribution in [2.24, 2.45) is 5.92 Å². The molecule has 1 nitrogen and oxygen atoms in total. The third-order valence-electron chi connectivity index (χ3n) is 2.72. The highest BCUT2D eigenvalue weighted by Gasteiger charge is 1.99. The predicted octanol–water partition coefficient (Wildman–Crippen LogP) is 3.95. The molecule has 0 radical (unpaired) electrons. The maximum atomic E-state index is 2.33. The number of rotatable bonds is 6. The van der Waals surface area contributed by atoms with Crippen LogP contribution in [0.15, 0.2) is 30.3 Å². The molecule has 0 aliphatic heterocycles. The summed E-state index contributed by atoms with van der Waals surface area (Å²) in [7, 11) is 2.17. The molecule has 0 heterocycles. The summed E-state index contributed by atoms with van der Waals surface area (Å²) in [4.78, 5) is 2.33. The van der Waals surface area contributed by atoms with Crippen molar-refractivity contribution in [2.45, 2.75) is 33.1 Å². The van der Waals surface area contributed by atoms with Crippen molar-refractivity contribution in [3.63, 3.8) is 0 Å². The Morgan fingerprint density at radius 2 is 1.73 bits per heavy atom. The van der Waals surface area contributed by atoms with Crippen LogP contribution >= 0.6 is 0 Å². The molecule has 0 aromatic heterocycles. The smallest absolute Gasteiger partial charge is 0.0363 e. The lowest BCUT2D eigenvalue weighted by Crippen LogP contribution is -2.18. The van der Waals surface area contributed by atoms with Gasteiger partial charge < -0.3 is 4.90 Å². The topological polar surface area (TPSA) is 3.24 Å². The van der Waals surface area contributed by atoms with Gasteiger partial charge in [0.15, 0.2) is 0 Å². The number of benzene rings is 1. The summed E-state index contributed by atoms with van der Waals surface area (Å²) < 4.78 is 0. The normalized spacial score (nSPS) is 10.7. The monoisotopic (exact) mass is 205 g/mol. The SMILES string of the molecule is CC(C)CCCCN(C)c1ccccc1. The van der Waals surface area contributed by atoms with E-state index in [9.17, 15) is 0 Å². The Kier molecular flexibility index (Phi) is 5.23. The summed E-state index contributed by atoms with van der Waals surface area (Å²) in [5, 5.41) is 0. The Morgan fingerprint density at radius 1 is 1.07 bits per heavy atom. The summed E-state index contributed by atoms with van der Waals surface area (Å²) in [5.74, 6) is 0.840. The van der Waals surface area contributed by atoms with Crippen LogP contribution in [0.1, 0.15) is 33.1 Å². The van der Waals surface area contributed by atoms with Crippen LogP contribution in [0, 0.1) is 5.92 Å². The molecule has 0 bridgehead atoms. The fourth-order valence-corrected chi connectivity index (χ4v) is 1.71. The van der Waals surface area contributed by atoms with Gasteiger partial charge >= 0.3 is 0 Å². The molecule has 1 aromatic carbocycles. The maximum Gasteiger partial charge on any atom is 0.0363 e. The lowest BCUT2D eigenvalue weighted by molar-refractivity contribution is 0.538. The third-order valence-corrected chi connectivity index (χ3v) is 2.72. The quantitative estimate of drug-likeness (QED) is 0.636. The summed E-state index contributed by atoms with van der Waals surface area (Å²) in [6.45, 7) is 5.75. The van der Waals surface area contributed by atoms with Gasteiger partial charge in [0.05, 0.1) is 0 Å². The molecule has 0 fully saturated rings. The van der Waals surface area contributed by atoms with Gasteiger partial charge in [0, 0.05) is 19.3 Å². The standard InChI is InChI=1S/C14H23N/c1-13(2)9-7-8-12-15(3)14-10-5-4-6-11-14/h4-6,10-11,13H,7-9,12H2,1-3H3. The molecule has 0 N–H and O–H groups in total. The molecule has 84 valence electrons. The van der Waals surface area contributed by atoms with Crippen LogP contribution in [0.25, 0.3) is 0 Å². The number of anilines is 1. The van der Waals surface area contributed by atoms with Gasteiger partial charge in [-0.15, -0.1) is 0 Å². The van der Waals surface area contributed by atoms with E-state index in [0.29, 0.717) is 0 Å².